The summed E-state index contributed by atoms with van der Waals surface area (Å²) in [4.78, 5) is 6.92. The van der Waals surface area contributed by atoms with E-state index in [2.05, 4.69) is 46.7 Å². The second-order valence-electron chi connectivity index (χ2n) is 3.60. The zero-order valence-corrected chi connectivity index (χ0v) is 11.6. The largest absolute Gasteiger partial charge is 0.352 e. The lowest BCUT2D eigenvalue weighted by atomic mass is 10.1. The number of nitrogens with zero attached hydrogens (tertiary/aromatic N) is 2. The normalized spacial score (nSPS) is 21.5. The van der Waals surface area contributed by atoms with E-state index >= 15 is 0 Å². The smallest absolute Gasteiger partial charge is 0.159 e. The SMILES string of the molecule is CCC(CC)N(C)C1=NCC(CBr)S1. The molecule has 0 fully saturated rings. The monoisotopic (exact) mass is 278 g/mol. The molecule has 1 rings (SSSR count). The number of amidine groups is 1. The van der Waals surface area contributed by atoms with E-state index in [4.69, 9.17) is 0 Å². The van der Waals surface area contributed by atoms with Gasteiger partial charge >= 0.3 is 0 Å². The molecule has 14 heavy (non-hydrogen) atoms. The maximum atomic E-state index is 4.58. The first-order chi connectivity index (χ1) is 6.72. The molecule has 1 aliphatic heterocycles. The minimum Gasteiger partial charge on any atom is -0.352 e. The van der Waals surface area contributed by atoms with Crippen molar-refractivity contribution in [3.63, 3.8) is 0 Å². The van der Waals surface area contributed by atoms with Crippen LogP contribution in [0.25, 0.3) is 0 Å². The van der Waals surface area contributed by atoms with Crippen LogP contribution in [-0.4, -0.2) is 40.3 Å². The molecule has 0 amide bonds. The molecule has 0 spiro atoms. The van der Waals surface area contributed by atoms with Gasteiger partial charge in [-0.1, -0.05) is 41.5 Å². The van der Waals surface area contributed by atoms with Gasteiger partial charge in [-0.15, -0.1) is 0 Å². The van der Waals surface area contributed by atoms with Gasteiger partial charge in [0.25, 0.3) is 0 Å². The molecule has 0 aromatic rings. The van der Waals surface area contributed by atoms with Crippen molar-refractivity contribution in [3.8, 4) is 0 Å². The summed E-state index contributed by atoms with van der Waals surface area (Å²) in [7, 11) is 2.17. The summed E-state index contributed by atoms with van der Waals surface area (Å²) >= 11 is 5.42. The molecule has 82 valence electrons. The fourth-order valence-electron chi connectivity index (χ4n) is 1.67. The Bertz CT molecular complexity index is 204. The van der Waals surface area contributed by atoms with Crippen LogP contribution in [0.2, 0.25) is 0 Å². The number of aliphatic imine (C=N–C) groups is 1. The van der Waals surface area contributed by atoms with E-state index in [-0.39, 0.29) is 0 Å². The number of hydrogen-bond donors (Lipinski definition) is 0. The lowest BCUT2D eigenvalue weighted by Gasteiger charge is -2.27. The lowest BCUT2D eigenvalue weighted by Crippen LogP contribution is -2.34. The highest BCUT2D eigenvalue weighted by molar-refractivity contribution is 9.09. The number of rotatable bonds is 4. The predicted molar refractivity (Wildman–Crippen MR) is 69.6 cm³/mol. The first-order valence-corrected chi connectivity index (χ1v) is 7.22. The molecule has 0 bridgehead atoms. The molecule has 1 unspecified atom stereocenters. The highest BCUT2D eigenvalue weighted by atomic mass is 79.9. The highest BCUT2D eigenvalue weighted by Gasteiger charge is 2.23. The maximum Gasteiger partial charge on any atom is 0.159 e. The summed E-state index contributed by atoms with van der Waals surface area (Å²) in [5.74, 6) is 0. The van der Waals surface area contributed by atoms with Gasteiger partial charge in [-0.3, -0.25) is 4.99 Å². The van der Waals surface area contributed by atoms with E-state index in [1.807, 2.05) is 11.8 Å². The average Bonchev–Trinajstić information content (AvgIpc) is 2.67. The van der Waals surface area contributed by atoms with Gasteiger partial charge in [0.05, 0.1) is 6.54 Å². The topological polar surface area (TPSA) is 15.6 Å². The number of halogens is 1. The van der Waals surface area contributed by atoms with Crippen molar-refractivity contribution in [1.82, 2.24) is 4.90 Å². The quantitative estimate of drug-likeness (QED) is 0.735. The third kappa shape index (κ3) is 2.89. The minimum absolute atomic E-state index is 0.641. The Labute approximate surface area is 99.7 Å². The van der Waals surface area contributed by atoms with Gasteiger partial charge in [0.15, 0.2) is 5.17 Å². The Balaban J connectivity index is 2.49. The molecule has 0 saturated carbocycles. The molecular weight excluding hydrogens is 260 g/mol. The third-order valence-corrected chi connectivity index (χ3v) is 5.15. The van der Waals surface area contributed by atoms with Crippen molar-refractivity contribution in [1.29, 1.82) is 0 Å². The molecule has 4 heteroatoms. The number of thioether (sulfide) groups is 1. The van der Waals surface area contributed by atoms with Crippen LogP contribution in [0.1, 0.15) is 26.7 Å². The van der Waals surface area contributed by atoms with Gasteiger partial charge in [-0.25, -0.2) is 0 Å². The molecule has 0 aliphatic carbocycles. The van der Waals surface area contributed by atoms with Crippen LogP contribution in [-0.2, 0) is 0 Å². The Hall–Kier alpha value is 0.300. The lowest BCUT2D eigenvalue weighted by molar-refractivity contribution is 0.351. The summed E-state index contributed by atoms with van der Waals surface area (Å²) in [6.07, 6.45) is 2.40. The molecule has 1 heterocycles. The molecule has 0 aromatic carbocycles. The van der Waals surface area contributed by atoms with Gasteiger partial charge in [0.2, 0.25) is 0 Å². The first kappa shape index (κ1) is 12.4. The van der Waals surface area contributed by atoms with Crippen molar-refractivity contribution in [3.05, 3.63) is 0 Å². The fraction of sp³-hybridized carbons (Fsp3) is 0.900. The molecular formula is C10H19BrN2S. The van der Waals surface area contributed by atoms with Crippen LogP contribution >= 0.6 is 27.7 Å². The summed E-state index contributed by atoms with van der Waals surface area (Å²) < 4.78 is 0. The summed E-state index contributed by atoms with van der Waals surface area (Å²) in [6.45, 7) is 5.45. The number of alkyl halides is 1. The van der Waals surface area contributed by atoms with Crippen LogP contribution in [0.15, 0.2) is 4.99 Å². The standard InChI is InChI=1S/C10H19BrN2S/c1-4-8(5-2)13(3)10-12-7-9(6-11)14-10/h8-9H,4-7H2,1-3H3. The van der Waals surface area contributed by atoms with Crippen LogP contribution in [0, 0.1) is 0 Å². The van der Waals surface area contributed by atoms with Crippen molar-refractivity contribution in [2.45, 2.75) is 38.0 Å². The molecule has 0 saturated heterocycles. The van der Waals surface area contributed by atoms with Crippen molar-refractivity contribution in [2.24, 2.45) is 4.99 Å². The molecule has 1 aliphatic rings. The summed E-state index contributed by atoms with van der Waals surface area (Å²) in [6, 6.07) is 0.648. The van der Waals surface area contributed by atoms with Crippen LogP contribution < -0.4 is 0 Å². The van der Waals surface area contributed by atoms with E-state index in [9.17, 15) is 0 Å². The van der Waals surface area contributed by atoms with Crippen LogP contribution in [0.4, 0.5) is 0 Å². The zero-order valence-electron chi connectivity index (χ0n) is 9.16. The minimum atomic E-state index is 0.641. The molecule has 0 aromatic heterocycles. The Kier molecular flexibility index (Phi) is 5.31. The fourth-order valence-corrected chi connectivity index (χ4v) is 3.25. The second kappa shape index (κ2) is 6.01. The van der Waals surface area contributed by atoms with Crippen molar-refractivity contribution < 1.29 is 0 Å². The van der Waals surface area contributed by atoms with E-state index in [1.54, 1.807) is 0 Å². The molecule has 1 atom stereocenters. The average molecular weight is 279 g/mol. The van der Waals surface area contributed by atoms with Crippen LogP contribution in [0.5, 0.6) is 0 Å². The highest BCUT2D eigenvalue weighted by Crippen LogP contribution is 2.26. The van der Waals surface area contributed by atoms with Gasteiger partial charge < -0.3 is 4.90 Å². The molecule has 2 nitrogen and oxygen atoms in total. The third-order valence-electron chi connectivity index (χ3n) is 2.67. The maximum absolute atomic E-state index is 4.58. The second-order valence-corrected chi connectivity index (χ2v) is 5.51. The zero-order chi connectivity index (χ0) is 10.6. The van der Waals surface area contributed by atoms with Crippen molar-refractivity contribution >= 4 is 32.9 Å². The van der Waals surface area contributed by atoms with E-state index in [0.29, 0.717) is 11.3 Å². The Morgan fingerprint density at radius 2 is 2.21 bits per heavy atom. The first-order valence-electron chi connectivity index (χ1n) is 5.22. The molecule has 0 N–H and O–H groups in total. The van der Waals surface area contributed by atoms with Gasteiger partial charge in [-0.05, 0) is 12.8 Å². The molecule has 0 radical (unpaired) electrons. The predicted octanol–water partition coefficient (Wildman–Crippen LogP) is 2.97. The van der Waals surface area contributed by atoms with E-state index < -0.39 is 0 Å². The summed E-state index contributed by atoms with van der Waals surface area (Å²) in [5.41, 5.74) is 0. The van der Waals surface area contributed by atoms with Crippen molar-refractivity contribution in [2.75, 3.05) is 18.9 Å². The number of hydrogen-bond acceptors (Lipinski definition) is 3. The van der Waals surface area contributed by atoms with Gasteiger partial charge in [-0.2, -0.15) is 0 Å². The van der Waals surface area contributed by atoms with Gasteiger partial charge in [0, 0.05) is 23.7 Å². The van der Waals surface area contributed by atoms with E-state index in [1.165, 1.54) is 18.0 Å². The van der Waals surface area contributed by atoms with Gasteiger partial charge in [0.1, 0.15) is 0 Å². The van der Waals surface area contributed by atoms with E-state index in [0.717, 1.165) is 11.9 Å². The summed E-state index contributed by atoms with van der Waals surface area (Å²) in [5, 5.41) is 2.91. The Morgan fingerprint density at radius 1 is 1.57 bits per heavy atom. The Morgan fingerprint density at radius 3 is 2.64 bits per heavy atom. The van der Waals surface area contributed by atoms with Crippen LogP contribution in [0.3, 0.4) is 0 Å².